The molecule has 0 aliphatic heterocycles. The van der Waals surface area contributed by atoms with E-state index in [-0.39, 0.29) is 16.8 Å². The lowest BCUT2D eigenvalue weighted by Crippen LogP contribution is -2.17. The van der Waals surface area contributed by atoms with E-state index in [1.54, 1.807) is 0 Å². The second kappa shape index (κ2) is 5.59. The fourth-order valence-electron chi connectivity index (χ4n) is 0.996. The molecule has 0 heterocycles. The lowest BCUT2D eigenvalue weighted by molar-refractivity contribution is -0.274. The summed E-state index contributed by atoms with van der Waals surface area (Å²) in [6, 6.07) is 3.80. The minimum atomic E-state index is -4.73. The third-order valence-electron chi connectivity index (χ3n) is 1.62. The van der Waals surface area contributed by atoms with Gasteiger partial charge in [0.1, 0.15) is 18.1 Å². The molecule has 0 spiro atoms. The predicted molar refractivity (Wildman–Crippen MR) is 58.0 cm³/mol. The van der Waals surface area contributed by atoms with Gasteiger partial charge in [0, 0.05) is 0 Å². The number of hydrogen-bond acceptors (Lipinski definition) is 3. The SMILES string of the molecule is C[C@@H](O)COc1ccc(OC(F)(F)F)c(Br)c1. The van der Waals surface area contributed by atoms with Crippen molar-refractivity contribution >= 4 is 15.9 Å². The maximum Gasteiger partial charge on any atom is 0.573 e. The van der Waals surface area contributed by atoms with E-state index in [1.807, 2.05) is 0 Å². The minimum absolute atomic E-state index is 0.0614. The molecular weight excluding hydrogens is 305 g/mol. The van der Waals surface area contributed by atoms with Crippen molar-refractivity contribution in [1.29, 1.82) is 0 Å². The average Bonchev–Trinajstić information content (AvgIpc) is 2.17. The summed E-state index contributed by atoms with van der Waals surface area (Å²) in [7, 11) is 0. The molecule has 0 unspecified atom stereocenters. The Hall–Kier alpha value is -0.950. The molecule has 1 aromatic carbocycles. The van der Waals surface area contributed by atoms with Crippen LogP contribution in [0.2, 0.25) is 0 Å². The van der Waals surface area contributed by atoms with E-state index in [4.69, 9.17) is 9.84 Å². The van der Waals surface area contributed by atoms with Gasteiger partial charge in [0.2, 0.25) is 0 Å². The van der Waals surface area contributed by atoms with Gasteiger partial charge in [-0.3, -0.25) is 0 Å². The Morgan fingerprint density at radius 1 is 1.41 bits per heavy atom. The molecule has 0 fully saturated rings. The third kappa shape index (κ3) is 5.27. The zero-order valence-corrected chi connectivity index (χ0v) is 10.4. The van der Waals surface area contributed by atoms with Gasteiger partial charge in [-0.1, -0.05) is 0 Å². The molecule has 0 aliphatic carbocycles. The summed E-state index contributed by atoms with van der Waals surface area (Å²) in [5, 5.41) is 8.98. The Labute approximate surface area is 104 Å². The summed E-state index contributed by atoms with van der Waals surface area (Å²) in [5.41, 5.74) is 0. The number of aliphatic hydroxyl groups excluding tert-OH is 1. The van der Waals surface area contributed by atoms with E-state index in [2.05, 4.69) is 20.7 Å². The van der Waals surface area contributed by atoms with Crippen LogP contribution in [0.1, 0.15) is 6.92 Å². The summed E-state index contributed by atoms with van der Waals surface area (Å²) in [6.07, 6.45) is -5.38. The monoisotopic (exact) mass is 314 g/mol. The maximum absolute atomic E-state index is 12.0. The van der Waals surface area contributed by atoms with Crippen LogP contribution in [0.3, 0.4) is 0 Å². The summed E-state index contributed by atoms with van der Waals surface area (Å²) in [6.45, 7) is 1.60. The first-order valence-corrected chi connectivity index (χ1v) is 5.43. The largest absolute Gasteiger partial charge is 0.573 e. The number of ether oxygens (including phenoxy) is 2. The summed E-state index contributed by atoms with van der Waals surface area (Å²) in [5.74, 6) is -0.00537. The third-order valence-corrected chi connectivity index (χ3v) is 2.24. The number of rotatable bonds is 4. The van der Waals surface area contributed by atoms with Crippen LogP contribution in [0.4, 0.5) is 13.2 Å². The maximum atomic E-state index is 12.0. The smallest absolute Gasteiger partial charge is 0.491 e. The van der Waals surface area contributed by atoms with Gasteiger partial charge in [-0.15, -0.1) is 13.2 Å². The molecule has 7 heteroatoms. The Morgan fingerprint density at radius 3 is 2.53 bits per heavy atom. The Bertz CT molecular complexity index is 380. The number of hydrogen-bond donors (Lipinski definition) is 1. The predicted octanol–water partition coefficient (Wildman–Crippen LogP) is 3.11. The molecule has 0 bridgehead atoms. The highest BCUT2D eigenvalue weighted by atomic mass is 79.9. The highest BCUT2D eigenvalue weighted by Gasteiger charge is 2.31. The van der Waals surface area contributed by atoms with Crippen molar-refractivity contribution in [3.05, 3.63) is 22.7 Å². The van der Waals surface area contributed by atoms with Crippen LogP contribution in [-0.4, -0.2) is 24.2 Å². The van der Waals surface area contributed by atoms with Gasteiger partial charge in [0.25, 0.3) is 0 Å². The van der Waals surface area contributed by atoms with Gasteiger partial charge in [-0.25, -0.2) is 0 Å². The number of aliphatic hydroxyl groups is 1. The van der Waals surface area contributed by atoms with E-state index in [1.165, 1.54) is 19.1 Å². The van der Waals surface area contributed by atoms with E-state index in [0.717, 1.165) is 6.07 Å². The Morgan fingerprint density at radius 2 is 2.06 bits per heavy atom. The molecule has 17 heavy (non-hydrogen) atoms. The molecule has 96 valence electrons. The zero-order chi connectivity index (χ0) is 13.1. The van der Waals surface area contributed by atoms with Gasteiger partial charge < -0.3 is 14.6 Å². The van der Waals surface area contributed by atoms with Crippen molar-refractivity contribution in [2.75, 3.05) is 6.61 Å². The molecule has 1 aromatic rings. The van der Waals surface area contributed by atoms with Crippen LogP contribution in [0, 0.1) is 0 Å². The van der Waals surface area contributed by atoms with Crippen LogP contribution in [0.5, 0.6) is 11.5 Å². The molecule has 0 radical (unpaired) electrons. The first-order chi connectivity index (χ1) is 7.78. The number of halogens is 4. The lowest BCUT2D eigenvalue weighted by atomic mass is 10.3. The highest BCUT2D eigenvalue weighted by Crippen LogP contribution is 2.33. The molecule has 3 nitrogen and oxygen atoms in total. The summed E-state index contributed by atoms with van der Waals surface area (Å²) >= 11 is 2.94. The molecular formula is C10H10BrF3O3. The van der Waals surface area contributed by atoms with E-state index in [0.29, 0.717) is 5.75 Å². The molecule has 0 aliphatic rings. The number of alkyl halides is 3. The standard InChI is InChI=1S/C10H10BrF3O3/c1-6(15)5-16-7-2-3-9(8(11)4-7)17-10(12,13)14/h2-4,6,15H,5H2,1H3/t6-/m1/s1. The quantitative estimate of drug-likeness (QED) is 0.928. The van der Waals surface area contributed by atoms with Crippen LogP contribution in [0.25, 0.3) is 0 Å². The summed E-state index contributed by atoms with van der Waals surface area (Å²) in [4.78, 5) is 0. The first kappa shape index (κ1) is 14.1. The van der Waals surface area contributed by atoms with Crippen LogP contribution < -0.4 is 9.47 Å². The normalized spacial score (nSPS) is 13.3. The zero-order valence-electron chi connectivity index (χ0n) is 8.79. The average molecular weight is 315 g/mol. The molecule has 1 atom stereocenters. The highest BCUT2D eigenvalue weighted by molar-refractivity contribution is 9.10. The second-order valence-corrected chi connectivity index (χ2v) is 4.15. The Kier molecular flexibility index (Phi) is 4.64. The van der Waals surface area contributed by atoms with Crippen molar-refractivity contribution < 1.29 is 27.8 Å². The van der Waals surface area contributed by atoms with Gasteiger partial charge >= 0.3 is 6.36 Å². The van der Waals surface area contributed by atoms with Crippen LogP contribution >= 0.6 is 15.9 Å². The fourth-order valence-corrected chi connectivity index (χ4v) is 1.43. The molecule has 0 saturated heterocycles. The van der Waals surface area contributed by atoms with Crippen molar-refractivity contribution in [2.45, 2.75) is 19.4 Å². The lowest BCUT2D eigenvalue weighted by Gasteiger charge is -2.12. The Balaban J connectivity index is 2.72. The van der Waals surface area contributed by atoms with Crippen LogP contribution in [0.15, 0.2) is 22.7 Å². The van der Waals surface area contributed by atoms with Gasteiger partial charge in [-0.2, -0.15) is 0 Å². The van der Waals surface area contributed by atoms with Crippen molar-refractivity contribution in [3.8, 4) is 11.5 Å². The fraction of sp³-hybridized carbons (Fsp3) is 0.400. The van der Waals surface area contributed by atoms with Crippen molar-refractivity contribution in [3.63, 3.8) is 0 Å². The molecule has 0 aromatic heterocycles. The van der Waals surface area contributed by atoms with Crippen LogP contribution in [-0.2, 0) is 0 Å². The van der Waals surface area contributed by atoms with Gasteiger partial charge in [0.05, 0.1) is 10.6 Å². The number of benzene rings is 1. The minimum Gasteiger partial charge on any atom is -0.491 e. The molecule has 1 rings (SSSR count). The van der Waals surface area contributed by atoms with E-state index in [9.17, 15) is 13.2 Å². The topological polar surface area (TPSA) is 38.7 Å². The van der Waals surface area contributed by atoms with Gasteiger partial charge in [-0.05, 0) is 41.1 Å². The molecule has 0 saturated carbocycles. The van der Waals surface area contributed by atoms with E-state index < -0.39 is 12.5 Å². The molecule has 1 N–H and O–H groups in total. The van der Waals surface area contributed by atoms with Gasteiger partial charge in [0.15, 0.2) is 0 Å². The second-order valence-electron chi connectivity index (χ2n) is 3.30. The first-order valence-electron chi connectivity index (χ1n) is 4.64. The van der Waals surface area contributed by atoms with E-state index >= 15 is 0 Å². The molecule has 0 amide bonds. The van der Waals surface area contributed by atoms with Crippen molar-refractivity contribution in [2.24, 2.45) is 0 Å². The summed E-state index contributed by atoms with van der Waals surface area (Å²) < 4.78 is 44.9. The van der Waals surface area contributed by atoms with Crippen molar-refractivity contribution in [1.82, 2.24) is 0 Å².